The Bertz CT molecular complexity index is 1070. The molecule has 2 aromatic carbocycles. The van der Waals surface area contributed by atoms with Crippen LogP contribution >= 0.6 is 0 Å². The third-order valence-electron chi connectivity index (χ3n) is 6.79. The minimum absolute atomic E-state index is 0.132. The number of aromatic nitrogens is 2. The van der Waals surface area contributed by atoms with E-state index < -0.39 is 0 Å². The largest absolute Gasteiger partial charge is 0.487 e. The summed E-state index contributed by atoms with van der Waals surface area (Å²) in [5.41, 5.74) is 2.26. The highest BCUT2D eigenvalue weighted by Gasteiger charge is 2.39. The maximum atomic E-state index is 13.2. The lowest BCUT2D eigenvalue weighted by Gasteiger charge is -2.48. The normalized spacial score (nSPS) is 22.9. The molecule has 3 heterocycles. The summed E-state index contributed by atoms with van der Waals surface area (Å²) in [6.07, 6.45) is 4.23. The zero-order valence-corrected chi connectivity index (χ0v) is 19.1. The fourth-order valence-electron chi connectivity index (χ4n) is 5.11. The van der Waals surface area contributed by atoms with Gasteiger partial charge in [0.1, 0.15) is 17.9 Å². The molecule has 7 heteroatoms. The number of ether oxygens (including phenoxy) is 2. The van der Waals surface area contributed by atoms with E-state index in [9.17, 15) is 4.79 Å². The molecule has 0 aliphatic carbocycles. The first-order valence-electron chi connectivity index (χ1n) is 12.0. The topological polar surface area (TPSA) is 79.5 Å². The summed E-state index contributed by atoms with van der Waals surface area (Å²) >= 11 is 0. The van der Waals surface area contributed by atoms with Gasteiger partial charge in [-0.3, -0.25) is 14.8 Å². The molecular weight excluding hydrogens is 416 g/mol. The first-order valence-corrected chi connectivity index (χ1v) is 12.0. The molecule has 2 saturated heterocycles. The van der Waals surface area contributed by atoms with E-state index in [2.05, 4.69) is 27.3 Å². The summed E-state index contributed by atoms with van der Waals surface area (Å²) in [5, 5.41) is 11.4. The van der Waals surface area contributed by atoms with Crippen molar-refractivity contribution in [2.24, 2.45) is 0 Å². The molecule has 2 aliphatic rings. The molecule has 0 radical (unpaired) electrons. The van der Waals surface area contributed by atoms with Crippen LogP contribution in [0, 0.1) is 0 Å². The zero-order chi connectivity index (χ0) is 22.6. The summed E-state index contributed by atoms with van der Waals surface area (Å²) in [6.45, 7) is 5.30. The molecule has 7 nitrogen and oxygen atoms in total. The number of unbranched alkanes of at least 4 members (excludes halogenated alkanes) is 1. The summed E-state index contributed by atoms with van der Waals surface area (Å²) in [4.78, 5) is 15.8. The van der Waals surface area contributed by atoms with E-state index in [1.165, 1.54) is 12.8 Å². The average Bonchev–Trinajstić information content (AvgIpc) is 3.27. The number of nitrogens with one attached hydrogen (secondary N) is 2. The number of carbonyl (C=O) groups is 1. The van der Waals surface area contributed by atoms with Gasteiger partial charge in [-0.15, -0.1) is 0 Å². The Kier molecular flexibility index (Phi) is 6.60. The Labute approximate surface area is 194 Å². The third-order valence-corrected chi connectivity index (χ3v) is 6.79. The molecule has 1 aromatic heterocycles. The lowest BCUT2D eigenvalue weighted by molar-refractivity contribution is -0.0802. The number of hydrogen-bond acceptors (Lipinski definition) is 5. The third kappa shape index (κ3) is 4.75. The van der Waals surface area contributed by atoms with Crippen molar-refractivity contribution in [3.05, 3.63) is 59.8 Å². The van der Waals surface area contributed by atoms with Crippen molar-refractivity contribution < 1.29 is 14.3 Å². The molecule has 2 unspecified atom stereocenters. The number of rotatable bonds is 8. The lowest BCUT2D eigenvalue weighted by Crippen LogP contribution is -2.60. The van der Waals surface area contributed by atoms with Crippen molar-refractivity contribution in [2.45, 2.75) is 57.3 Å². The van der Waals surface area contributed by atoms with Crippen molar-refractivity contribution in [3.8, 4) is 5.75 Å². The molecule has 0 saturated carbocycles. The highest BCUT2D eigenvalue weighted by Crippen LogP contribution is 2.30. The van der Waals surface area contributed by atoms with Gasteiger partial charge in [0.05, 0.1) is 13.2 Å². The minimum Gasteiger partial charge on any atom is -0.487 e. The van der Waals surface area contributed by atoms with Crippen LogP contribution in [0.2, 0.25) is 0 Å². The Morgan fingerprint density at radius 3 is 2.70 bits per heavy atom. The van der Waals surface area contributed by atoms with Gasteiger partial charge >= 0.3 is 0 Å². The highest BCUT2D eigenvalue weighted by atomic mass is 16.5. The minimum atomic E-state index is -0.132. The molecule has 3 aromatic rings. The van der Waals surface area contributed by atoms with E-state index in [0.717, 1.165) is 49.1 Å². The van der Waals surface area contributed by atoms with Crippen molar-refractivity contribution >= 4 is 16.8 Å². The van der Waals surface area contributed by atoms with Gasteiger partial charge in [-0.2, -0.15) is 5.10 Å². The summed E-state index contributed by atoms with van der Waals surface area (Å²) in [7, 11) is 0. The van der Waals surface area contributed by atoms with Gasteiger partial charge in [0.25, 0.3) is 5.91 Å². The molecule has 2 atom stereocenters. The van der Waals surface area contributed by atoms with E-state index in [1.54, 1.807) is 0 Å². The van der Waals surface area contributed by atoms with Gasteiger partial charge in [0, 0.05) is 23.5 Å². The van der Waals surface area contributed by atoms with E-state index in [1.807, 2.05) is 48.5 Å². The maximum Gasteiger partial charge on any atom is 0.272 e. The van der Waals surface area contributed by atoms with Crippen molar-refractivity contribution in [1.29, 1.82) is 0 Å². The number of H-pyrrole nitrogens is 1. The maximum absolute atomic E-state index is 13.2. The SMILES string of the molecule is CCCCN1C2COCC1CC(NC(=O)c1n[nH]c3c(OCc4ccccc4)cccc13)C2. The molecule has 2 fully saturated rings. The second-order valence-corrected chi connectivity index (χ2v) is 9.10. The van der Waals surface area contributed by atoms with Crippen molar-refractivity contribution in [2.75, 3.05) is 19.8 Å². The number of carbonyl (C=O) groups excluding carboxylic acids is 1. The molecule has 5 rings (SSSR count). The average molecular weight is 449 g/mol. The molecule has 2 aliphatic heterocycles. The molecule has 2 bridgehead atoms. The molecule has 33 heavy (non-hydrogen) atoms. The second-order valence-electron chi connectivity index (χ2n) is 9.10. The van der Waals surface area contributed by atoms with Crippen LogP contribution in [-0.2, 0) is 11.3 Å². The van der Waals surface area contributed by atoms with Gasteiger partial charge in [-0.25, -0.2) is 0 Å². The predicted molar refractivity (Wildman–Crippen MR) is 127 cm³/mol. The van der Waals surface area contributed by atoms with E-state index in [0.29, 0.717) is 30.1 Å². The fourth-order valence-corrected chi connectivity index (χ4v) is 5.11. The number of amides is 1. The van der Waals surface area contributed by atoms with E-state index in [-0.39, 0.29) is 11.9 Å². The molecular formula is C26H32N4O3. The second kappa shape index (κ2) is 9.93. The number of fused-ring (bicyclic) bond motifs is 3. The van der Waals surface area contributed by atoms with Crippen LogP contribution < -0.4 is 10.1 Å². The number of para-hydroxylation sites is 1. The summed E-state index contributed by atoms with van der Waals surface area (Å²) in [6, 6.07) is 16.6. The molecule has 0 spiro atoms. The van der Waals surface area contributed by atoms with Gasteiger partial charge in [-0.1, -0.05) is 55.8 Å². The fraction of sp³-hybridized carbons (Fsp3) is 0.462. The molecule has 174 valence electrons. The Morgan fingerprint density at radius 2 is 1.94 bits per heavy atom. The summed E-state index contributed by atoms with van der Waals surface area (Å²) in [5.74, 6) is 0.561. The van der Waals surface area contributed by atoms with Gasteiger partial charge < -0.3 is 14.8 Å². The smallest absolute Gasteiger partial charge is 0.272 e. The van der Waals surface area contributed by atoms with Gasteiger partial charge in [0.2, 0.25) is 0 Å². The number of benzene rings is 2. The van der Waals surface area contributed by atoms with Crippen LogP contribution in [0.1, 0.15) is 48.7 Å². The number of hydrogen-bond donors (Lipinski definition) is 2. The van der Waals surface area contributed by atoms with Crippen LogP contribution in [0.3, 0.4) is 0 Å². The van der Waals surface area contributed by atoms with E-state index >= 15 is 0 Å². The first kappa shape index (κ1) is 21.9. The number of nitrogens with zero attached hydrogens (tertiary/aromatic N) is 2. The van der Waals surface area contributed by atoms with Gasteiger partial charge in [0.15, 0.2) is 5.69 Å². The predicted octanol–water partition coefficient (Wildman–Crippen LogP) is 3.90. The first-order chi connectivity index (χ1) is 16.2. The molecule has 2 N–H and O–H groups in total. The van der Waals surface area contributed by atoms with E-state index in [4.69, 9.17) is 9.47 Å². The standard InChI is InChI=1S/C26H32N4O3/c1-2-3-12-30-20-13-19(14-21(30)17-32-16-20)27-26(31)25-22-10-7-11-23(24(22)28-29-25)33-15-18-8-5-4-6-9-18/h4-11,19-21H,2-3,12-17H2,1H3,(H,27,31)(H,28,29). The Morgan fingerprint density at radius 1 is 1.15 bits per heavy atom. The monoisotopic (exact) mass is 448 g/mol. The van der Waals surface area contributed by atoms with Crippen LogP contribution in [0.5, 0.6) is 5.75 Å². The summed E-state index contributed by atoms with van der Waals surface area (Å²) < 4.78 is 11.8. The number of piperidine rings is 1. The van der Waals surface area contributed by atoms with Crippen LogP contribution in [-0.4, -0.2) is 58.9 Å². The number of morpholine rings is 1. The lowest BCUT2D eigenvalue weighted by atomic mass is 9.89. The Balaban J connectivity index is 1.26. The highest BCUT2D eigenvalue weighted by molar-refractivity contribution is 6.06. The van der Waals surface area contributed by atoms with Crippen LogP contribution in [0.4, 0.5) is 0 Å². The molecule has 1 amide bonds. The van der Waals surface area contributed by atoms with Gasteiger partial charge in [-0.05, 0) is 37.4 Å². The van der Waals surface area contributed by atoms with Crippen LogP contribution in [0.15, 0.2) is 48.5 Å². The van der Waals surface area contributed by atoms with Crippen molar-refractivity contribution in [1.82, 2.24) is 20.4 Å². The van der Waals surface area contributed by atoms with Crippen LogP contribution in [0.25, 0.3) is 10.9 Å². The zero-order valence-electron chi connectivity index (χ0n) is 19.1. The number of aromatic amines is 1. The Hall–Kier alpha value is -2.90. The quantitative estimate of drug-likeness (QED) is 0.546. The van der Waals surface area contributed by atoms with Crippen molar-refractivity contribution in [3.63, 3.8) is 0 Å².